The molecule has 4 heterocycles. The fourth-order valence-corrected chi connectivity index (χ4v) is 11.4. The molecule has 6 rings (SSSR count). The number of phosphoric acid groups is 6. The molecule has 334 valence electrons. The van der Waals surface area contributed by atoms with Crippen molar-refractivity contribution in [3.05, 3.63) is 48.7 Å². The maximum Gasteiger partial charge on any atom is 0.473 e. The summed E-state index contributed by atoms with van der Waals surface area (Å²) in [7, 11) is -35.4. The zero-order valence-electron chi connectivity index (χ0n) is 30.0. The van der Waals surface area contributed by atoms with Crippen LogP contribution in [0.3, 0.4) is 0 Å². The van der Waals surface area contributed by atoms with Crippen LogP contribution < -0.4 is 4.74 Å². The van der Waals surface area contributed by atoms with Gasteiger partial charge in [0.1, 0.15) is 48.5 Å². The highest BCUT2D eigenvalue weighted by Crippen LogP contribution is 2.60. The van der Waals surface area contributed by atoms with Crippen molar-refractivity contribution in [1.82, 2.24) is 9.88 Å². The molecular formula is C26H40N2O25P6. The van der Waals surface area contributed by atoms with Gasteiger partial charge in [-0.15, -0.1) is 6.58 Å². The highest BCUT2D eigenvalue weighted by atomic mass is 31.2. The third-order valence-electron chi connectivity index (χ3n) is 9.53. The average Bonchev–Trinajstić information content (AvgIpc) is 3.09. The molecule has 11 N–H and O–H groups in total. The molecule has 0 amide bonds. The van der Waals surface area contributed by atoms with Crippen LogP contribution >= 0.6 is 46.9 Å². The lowest BCUT2D eigenvalue weighted by Gasteiger charge is -2.51. The first-order chi connectivity index (χ1) is 27.0. The molecule has 33 heteroatoms. The molecule has 3 aliphatic heterocycles. The number of benzene rings is 1. The third kappa shape index (κ3) is 13.2. The van der Waals surface area contributed by atoms with Crippen molar-refractivity contribution >= 4 is 57.8 Å². The van der Waals surface area contributed by atoms with E-state index in [9.17, 15) is 81.2 Å². The number of aromatic nitrogens is 1. The van der Waals surface area contributed by atoms with Crippen molar-refractivity contribution in [2.24, 2.45) is 11.8 Å². The molecule has 1 aromatic heterocycles. The summed E-state index contributed by atoms with van der Waals surface area (Å²) in [5.74, 6) is 0.269. The number of phosphoric ester groups is 6. The first kappa shape index (κ1) is 48.8. The Labute approximate surface area is 333 Å². The molecule has 2 bridgehead atoms. The molecule has 4 aliphatic rings. The SMILES string of the molecule is C=C[C@H]1CN2CC[C@H]1C[C@@H]2[C@@H](OP(=O)(O)O[C@@H]1[C@@H](OP(=O)(O)O)[C@H](OP(=O)(O)O)[C@@H](OP(=O)(O)O)[C@H](OP(=O)(O)O)[C@@H]1OP(=O)(O)O)c1ccnc2ccc(OC)cc12. The topological polar surface area (TPSA) is 415 Å². The molecule has 2 aromatic rings. The summed E-state index contributed by atoms with van der Waals surface area (Å²) in [5.41, 5.74) is 0.503. The first-order valence-electron chi connectivity index (χ1n) is 16.6. The van der Waals surface area contributed by atoms with E-state index in [0.717, 1.165) is 0 Å². The van der Waals surface area contributed by atoms with Crippen LogP contribution in [0.4, 0.5) is 0 Å². The summed E-state index contributed by atoms with van der Waals surface area (Å²) in [6.07, 6.45) is -16.5. The van der Waals surface area contributed by atoms with Crippen molar-refractivity contribution in [3.63, 3.8) is 0 Å². The monoisotopic (exact) mass is 966 g/mol. The lowest BCUT2D eigenvalue weighted by molar-refractivity contribution is -0.203. The van der Waals surface area contributed by atoms with Gasteiger partial charge in [-0.1, -0.05) is 6.08 Å². The molecule has 3 saturated heterocycles. The van der Waals surface area contributed by atoms with E-state index in [0.29, 0.717) is 42.6 Å². The van der Waals surface area contributed by atoms with Gasteiger partial charge in [-0.05, 0) is 61.1 Å². The summed E-state index contributed by atoms with van der Waals surface area (Å²) in [6, 6.07) is 5.28. The Morgan fingerprint density at radius 3 is 1.56 bits per heavy atom. The van der Waals surface area contributed by atoms with Crippen LogP contribution in [0.2, 0.25) is 0 Å². The first-order valence-corrected chi connectivity index (χ1v) is 25.8. The molecule has 0 spiro atoms. The highest BCUT2D eigenvalue weighted by molar-refractivity contribution is 7.48. The second-order valence-corrected chi connectivity index (χ2v) is 20.7. The van der Waals surface area contributed by atoms with E-state index in [1.807, 2.05) is 4.90 Å². The van der Waals surface area contributed by atoms with Crippen LogP contribution in [0.25, 0.3) is 10.9 Å². The van der Waals surface area contributed by atoms with Crippen LogP contribution in [0.5, 0.6) is 5.75 Å². The van der Waals surface area contributed by atoms with Crippen molar-refractivity contribution in [2.75, 3.05) is 20.2 Å². The van der Waals surface area contributed by atoms with Crippen LogP contribution in [0.1, 0.15) is 24.5 Å². The Hall–Kier alpha value is -1.21. The van der Waals surface area contributed by atoms with Crippen LogP contribution in [0, 0.1) is 11.8 Å². The van der Waals surface area contributed by atoms with Gasteiger partial charge in [-0.25, -0.2) is 27.4 Å². The number of pyridine rings is 1. The molecule has 2 unspecified atom stereocenters. The van der Waals surface area contributed by atoms with Crippen LogP contribution in [-0.4, -0.2) is 127 Å². The van der Waals surface area contributed by atoms with Gasteiger partial charge in [0.15, 0.2) is 0 Å². The lowest BCUT2D eigenvalue weighted by Crippen LogP contribution is -2.66. The van der Waals surface area contributed by atoms with E-state index in [1.54, 1.807) is 18.2 Å². The maximum absolute atomic E-state index is 14.4. The van der Waals surface area contributed by atoms with E-state index in [4.69, 9.17) is 13.8 Å². The minimum atomic E-state index is -6.16. The molecular weight excluding hydrogens is 926 g/mol. The quantitative estimate of drug-likeness (QED) is 0.0735. The van der Waals surface area contributed by atoms with Crippen LogP contribution in [0.15, 0.2) is 43.1 Å². The number of methoxy groups -OCH3 is 1. The summed E-state index contributed by atoms with van der Waals surface area (Å²) in [6.45, 7) is 4.71. The Morgan fingerprint density at radius 1 is 0.712 bits per heavy atom. The van der Waals surface area contributed by atoms with Gasteiger partial charge in [-0.3, -0.25) is 41.6 Å². The highest BCUT2D eigenvalue weighted by Gasteiger charge is 2.63. The normalized spacial score (nSPS) is 31.1. The Balaban J connectivity index is 1.70. The fourth-order valence-electron chi connectivity index (χ4n) is 7.50. The predicted molar refractivity (Wildman–Crippen MR) is 193 cm³/mol. The number of hydrogen-bond acceptors (Lipinski definition) is 16. The number of ether oxygens (including phenoxy) is 1. The molecule has 1 saturated carbocycles. The Bertz CT molecular complexity index is 2090. The standard InChI is InChI=1S/C26H40N2O25P6/c1-3-13-12-28-9-7-14(13)10-19(28)20(16-6-8-27-18-5-4-15(46-2)11-17(16)18)52-59(44,45)53-26-24(50-57(38,39)40)22(48-55(32,33)34)21(47-54(29,30)31)23(49-56(35,36)37)25(26)51-58(41,42)43/h3-6,8,11,13-14,19-26H,1,7,9-10,12H2,2H3,(H,44,45)(H2,29,30,31)(H2,32,33,34)(H2,35,36,37)(H2,38,39,40)(H2,41,42,43)/t13-,14-,19+,20-,21-,22-,23+,24-,25-,26-/m0/s1. The van der Waals surface area contributed by atoms with Gasteiger partial charge >= 0.3 is 46.9 Å². The van der Waals surface area contributed by atoms with Crippen molar-refractivity contribution in [1.29, 1.82) is 0 Å². The van der Waals surface area contributed by atoms with E-state index in [1.165, 1.54) is 25.4 Å². The second kappa shape index (κ2) is 18.1. The molecule has 1 aromatic carbocycles. The smallest absolute Gasteiger partial charge is 0.473 e. The Morgan fingerprint density at radius 2 is 1.17 bits per heavy atom. The minimum Gasteiger partial charge on any atom is -0.497 e. The second-order valence-electron chi connectivity index (χ2n) is 13.4. The van der Waals surface area contributed by atoms with Gasteiger partial charge < -0.3 is 58.6 Å². The zero-order valence-corrected chi connectivity index (χ0v) is 35.4. The van der Waals surface area contributed by atoms with Gasteiger partial charge in [-0.2, -0.15) is 0 Å². The van der Waals surface area contributed by atoms with Crippen molar-refractivity contribution in [2.45, 2.75) is 61.6 Å². The van der Waals surface area contributed by atoms with E-state index < -0.39 is 95.7 Å². The van der Waals surface area contributed by atoms with Gasteiger partial charge in [0, 0.05) is 24.2 Å². The van der Waals surface area contributed by atoms with Gasteiger partial charge in [0.25, 0.3) is 0 Å². The third-order valence-corrected chi connectivity index (χ3v) is 13.1. The molecule has 4 fully saturated rings. The molecule has 59 heavy (non-hydrogen) atoms. The number of piperidine rings is 3. The summed E-state index contributed by atoms with van der Waals surface area (Å²) >= 11 is 0. The summed E-state index contributed by atoms with van der Waals surface area (Å²) in [5, 5.41) is 0.311. The maximum atomic E-state index is 14.4. The van der Waals surface area contributed by atoms with Gasteiger partial charge in [0.05, 0.1) is 12.6 Å². The number of rotatable bonds is 18. The van der Waals surface area contributed by atoms with Crippen molar-refractivity contribution in [3.8, 4) is 5.75 Å². The van der Waals surface area contributed by atoms with Crippen LogP contribution in [-0.2, 0) is 59.1 Å². The summed E-state index contributed by atoms with van der Waals surface area (Å²) in [4.78, 5) is 115. The summed E-state index contributed by atoms with van der Waals surface area (Å²) < 4.78 is 114. The lowest BCUT2D eigenvalue weighted by atomic mass is 9.73. The number of fused-ring (bicyclic) bond motifs is 4. The molecule has 12 atom stereocenters. The average molecular weight is 966 g/mol. The fraction of sp³-hybridized carbons (Fsp3) is 0.577. The minimum absolute atomic E-state index is 0.00861. The number of hydrogen-bond donors (Lipinski definition) is 11. The van der Waals surface area contributed by atoms with Gasteiger partial charge in [0.2, 0.25) is 0 Å². The molecule has 1 aliphatic carbocycles. The Kier molecular flexibility index (Phi) is 15.0. The predicted octanol–water partition coefficient (Wildman–Crippen LogP) is 1.09. The van der Waals surface area contributed by atoms with Crippen molar-refractivity contribution < 1.29 is 118 Å². The van der Waals surface area contributed by atoms with E-state index in [2.05, 4.69) is 34.2 Å². The molecule has 0 radical (unpaired) electrons. The zero-order chi connectivity index (χ0) is 44.1. The van der Waals surface area contributed by atoms with E-state index in [-0.39, 0.29) is 17.4 Å². The molecule has 27 nitrogen and oxygen atoms in total. The largest absolute Gasteiger partial charge is 0.497 e. The van der Waals surface area contributed by atoms with E-state index >= 15 is 0 Å². The number of nitrogens with zero attached hydrogens (tertiary/aromatic N) is 2.